The molecule has 3 amide bonds. The highest BCUT2D eigenvalue weighted by atomic mass is 16.5. The Morgan fingerprint density at radius 1 is 1.47 bits per heavy atom. The molecule has 0 aromatic carbocycles. The number of rotatable bonds is 0. The minimum atomic E-state index is -1.07. The first kappa shape index (κ1) is 12.4. The fraction of sp³-hybridized carbons (Fsp3) is 0.750. The number of hydrogen-bond acceptors (Lipinski definition) is 4. The van der Waals surface area contributed by atoms with E-state index < -0.39 is 41.6 Å². The second kappa shape index (κ2) is 3.69. The molecular weight excluding hydrogens is 252 g/mol. The zero-order chi connectivity index (χ0) is 13.9. The molecule has 2 N–H and O–H groups in total. The van der Waals surface area contributed by atoms with E-state index in [0.29, 0.717) is 13.0 Å². The summed E-state index contributed by atoms with van der Waals surface area (Å²) < 4.78 is 5.77. The van der Waals surface area contributed by atoms with E-state index >= 15 is 0 Å². The van der Waals surface area contributed by atoms with Crippen molar-refractivity contribution in [3.8, 4) is 0 Å². The molecule has 0 spiro atoms. The van der Waals surface area contributed by atoms with Gasteiger partial charge in [0.2, 0.25) is 5.91 Å². The third-order valence-electron chi connectivity index (χ3n) is 4.34. The number of ether oxygens (including phenoxy) is 1. The summed E-state index contributed by atoms with van der Waals surface area (Å²) in [6, 6.07) is -0.586. The molecule has 0 radical (unpaired) electrons. The molecule has 3 fully saturated rings. The number of nitrogens with zero attached hydrogens (tertiary/aromatic N) is 1. The Bertz CT molecular complexity index is 479. The zero-order valence-corrected chi connectivity index (χ0v) is 10.8. The summed E-state index contributed by atoms with van der Waals surface area (Å²) >= 11 is 0. The van der Waals surface area contributed by atoms with Gasteiger partial charge in [-0.25, -0.2) is 4.79 Å². The molecule has 0 aromatic heterocycles. The van der Waals surface area contributed by atoms with Crippen LogP contribution in [0, 0.1) is 11.8 Å². The normalized spacial score (nSPS) is 44.8. The Balaban J connectivity index is 2.03. The largest absolute Gasteiger partial charge is 0.465 e. The van der Waals surface area contributed by atoms with Crippen molar-refractivity contribution in [2.24, 2.45) is 11.8 Å². The molecule has 0 aromatic rings. The molecule has 7 heteroatoms. The molecule has 0 saturated carbocycles. The number of hydrogen-bond donors (Lipinski definition) is 2. The summed E-state index contributed by atoms with van der Waals surface area (Å²) in [5.41, 5.74) is -0.765. The van der Waals surface area contributed by atoms with Gasteiger partial charge in [0.15, 0.2) is 6.10 Å². The Morgan fingerprint density at radius 3 is 2.79 bits per heavy atom. The first-order valence-electron chi connectivity index (χ1n) is 6.35. The lowest BCUT2D eigenvalue weighted by molar-refractivity contribution is -0.140. The van der Waals surface area contributed by atoms with E-state index in [2.05, 4.69) is 5.32 Å². The number of piperidine rings is 1. The zero-order valence-electron chi connectivity index (χ0n) is 10.8. The predicted octanol–water partition coefficient (Wildman–Crippen LogP) is -0.195. The van der Waals surface area contributed by atoms with Crippen LogP contribution in [-0.4, -0.2) is 52.2 Å². The van der Waals surface area contributed by atoms with Crippen molar-refractivity contribution in [1.82, 2.24) is 10.2 Å². The van der Waals surface area contributed by atoms with Crippen LogP contribution in [0.2, 0.25) is 0 Å². The first-order valence-corrected chi connectivity index (χ1v) is 6.35. The molecular formula is C12H16N2O5. The Labute approximate surface area is 109 Å². The summed E-state index contributed by atoms with van der Waals surface area (Å²) in [7, 11) is 0. The topological polar surface area (TPSA) is 95.9 Å². The molecule has 5 atom stereocenters. The molecule has 7 nitrogen and oxygen atoms in total. The number of carboxylic acid groups (broad SMARTS) is 1. The summed E-state index contributed by atoms with van der Waals surface area (Å²) in [6.45, 7) is 4.10. The maximum atomic E-state index is 11.9. The molecule has 0 aliphatic carbocycles. The lowest BCUT2D eigenvalue weighted by Gasteiger charge is -2.45. The molecule has 3 saturated heterocycles. The maximum Gasteiger partial charge on any atom is 0.407 e. The monoisotopic (exact) mass is 268 g/mol. The smallest absolute Gasteiger partial charge is 0.407 e. The van der Waals surface area contributed by atoms with E-state index in [1.807, 2.05) is 6.92 Å². The number of carbonyl (C=O) groups is 3. The molecule has 104 valence electrons. The van der Waals surface area contributed by atoms with Crippen molar-refractivity contribution < 1.29 is 24.2 Å². The van der Waals surface area contributed by atoms with E-state index in [9.17, 15) is 19.5 Å². The molecule has 19 heavy (non-hydrogen) atoms. The number of likely N-dealkylation sites (tertiary alicyclic amines) is 1. The molecule has 3 rings (SSSR count). The van der Waals surface area contributed by atoms with Crippen molar-refractivity contribution in [2.75, 3.05) is 6.54 Å². The van der Waals surface area contributed by atoms with Gasteiger partial charge in [0.25, 0.3) is 5.91 Å². The Morgan fingerprint density at radius 2 is 2.16 bits per heavy atom. The second-order valence-electron chi connectivity index (χ2n) is 5.92. The van der Waals surface area contributed by atoms with Crippen LogP contribution in [-0.2, 0) is 14.3 Å². The van der Waals surface area contributed by atoms with Gasteiger partial charge in [0, 0.05) is 6.54 Å². The predicted molar refractivity (Wildman–Crippen MR) is 62.2 cm³/mol. The van der Waals surface area contributed by atoms with Crippen LogP contribution < -0.4 is 5.32 Å². The van der Waals surface area contributed by atoms with E-state index in [1.54, 1.807) is 6.92 Å². The van der Waals surface area contributed by atoms with Crippen molar-refractivity contribution in [3.05, 3.63) is 0 Å². The molecule has 3 aliphatic heterocycles. The second-order valence-corrected chi connectivity index (χ2v) is 5.92. The van der Waals surface area contributed by atoms with Gasteiger partial charge in [0.05, 0.1) is 17.6 Å². The van der Waals surface area contributed by atoms with Crippen molar-refractivity contribution in [1.29, 1.82) is 0 Å². The molecule has 3 aliphatic rings. The van der Waals surface area contributed by atoms with Gasteiger partial charge in [0.1, 0.15) is 0 Å². The minimum absolute atomic E-state index is 0.134. The first-order chi connectivity index (χ1) is 8.83. The maximum absolute atomic E-state index is 11.9. The molecule has 3 unspecified atom stereocenters. The van der Waals surface area contributed by atoms with Crippen molar-refractivity contribution in [3.63, 3.8) is 0 Å². The average Bonchev–Trinajstić information content (AvgIpc) is 2.72. The summed E-state index contributed by atoms with van der Waals surface area (Å²) in [4.78, 5) is 36.2. The Hall–Kier alpha value is -1.63. The van der Waals surface area contributed by atoms with Gasteiger partial charge in [-0.05, 0) is 19.3 Å². The summed E-state index contributed by atoms with van der Waals surface area (Å²) in [6.07, 6.45) is -1.27. The van der Waals surface area contributed by atoms with E-state index in [1.165, 1.54) is 4.90 Å². The van der Waals surface area contributed by atoms with Crippen molar-refractivity contribution in [2.45, 2.75) is 38.0 Å². The highest BCUT2D eigenvalue weighted by Gasteiger charge is 2.65. The highest BCUT2D eigenvalue weighted by Crippen LogP contribution is 2.47. The SMILES string of the molecule is CC1CN(C(=O)O)[C@H]2C3C(=O)NC(=O)C3O[C@@]2(C)C1. The van der Waals surface area contributed by atoms with Crippen LogP contribution in [0.1, 0.15) is 20.3 Å². The fourth-order valence-electron chi connectivity index (χ4n) is 3.85. The van der Waals surface area contributed by atoms with Crippen LogP contribution in [0.25, 0.3) is 0 Å². The van der Waals surface area contributed by atoms with E-state index in [-0.39, 0.29) is 5.92 Å². The number of nitrogens with one attached hydrogen (secondary N) is 1. The van der Waals surface area contributed by atoms with Gasteiger partial charge >= 0.3 is 6.09 Å². The third-order valence-corrected chi connectivity index (χ3v) is 4.34. The van der Waals surface area contributed by atoms with Gasteiger partial charge in [-0.1, -0.05) is 6.92 Å². The van der Waals surface area contributed by atoms with Gasteiger partial charge in [-0.3, -0.25) is 14.9 Å². The lowest BCUT2D eigenvalue weighted by atomic mass is 9.77. The van der Waals surface area contributed by atoms with Crippen LogP contribution >= 0.6 is 0 Å². The number of fused-ring (bicyclic) bond motifs is 3. The molecule has 0 bridgehead atoms. The van der Waals surface area contributed by atoms with E-state index in [0.717, 1.165) is 0 Å². The number of amides is 3. The average molecular weight is 268 g/mol. The summed E-state index contributed by atoms with van der Waals surface area (Å²) in [5, 5.41) is 11.6. The van der Waals surface area contributed by atoms with Gasteiger partial charge in [-0.15, -0.1) is 0 Å². The minimum Gasteiger partial charge on any atom is -0.465 e. The van der Waals surface area contributed by atoms with E-state index in [4.69, 9.17) is 4.74 Å². The number of imide groups is 1. The van der Waals surface area contributed by atoms with Crippen LogP contribution in [0.4, 0.5) is 4.79 Å². The third kappa shape index (κ3) is 1.57. The Kier molecular flexibility index (Phi) is 2.41. The highest BCUT2D eigenvalue weighted by molar-refractivity contribution is 6.07. The quantitative estimate of drug-likeness (QED) is 0.593. The summed E-state index contributed by atoms with van der Waals surface area (Å²) in [5.74, 6) is -1.47. The number of carbonyl (C=O) groups excluding carboxylic acids is 2. The van der Waals surface area contributed by atoms with Crippen molar-refractivity contribution >= 4 is 17.9 Å². The van der Waals surface area contributed by atoms with Gasteiger partial charge in [-0.2, -0.15) is 0 Å². The molecule has 3 heterocycles. The standard InChI is InChI=1S/C12H16N2O5/c1-5-3-12(2)8(14(4-5)11(17)18)6-7(19-12)10(16)13-9(6)15/h5-8H,3-4H2,1-2H3,(H,17,18)(H,13,15,16)/t5?,6?,7?,8-,12-/m0/s1. The van der Waals surface area contributed by atoms with Crippen LogP contribution in [0.15, 0.2) is 0 Å². The van der Waals surface area contributed by atoms with Crippen LogP contribution in [0.5, 0.6) is 0 Å². The lowest BCUT2D eigenvalue weighted by Crippen LogP contribution is -2.60. The fourth-order valence-corrected chi connectivity index (χ4v) is 3.85. The van der Waals surface area contributed by atoms with Gasteiger partial charge < -0.3 is 14.7 Å². The van der Waals surface area contributed by atoms with Crippen LogP contribution in [0.3, 0.4) is 0 Å².